The maximum absolute atomic E-state index is 15.5. The SMILES string of the molecule is C/C=C/C[C@@H](C)[C@@H](O)[C@H]1C(=O)N[C@H](CCC)C(=O)N(C)[C@H](SCCCN2CCOCC2)C(=O)N(C)[C@@H](C(C)CC)C(=O)N[C@H](C(C)C)C(=O)N(C)[C@H](CCC(C)C)C(=O)N[C@H](C)C(=O)N[C@@H](C)C(=O)N(C)[C@@H](CC(C)C)C(=O)N(C)[C@H](CC(C)C)C(=O)N(C)[C@H](C(C)C)C(=O)N1C. The third kappa shape index (κ3) is 25.1. The van der Waals surface area contributed by atoms with E-state index in [9.17, 15) is 24.3 Å². The lowest BCUT2D eigenvalue weighted by Crippen LogP contribution is -2.64. The van der Waals surface area contributed by atoms with Crippen molar-refractivity contribution >= 4 is 76.7 Å². The van der Waals surface area contributed by atoms with Crippen LogP contribution < -0.4 is 21.3 Å². The Balaban J connectivity index is 3.14. The number of allylic oxidation sites excluding steroid dienone is 2. The van der Waals surface area contributed by atoms with Crippen LogP contribution in [0.2, 0.25) is 0 Å². The summed E-state index contributed by atoms with van der Waals surface area (Å²) in [4.78, 5) is 176. The van der Waals surface area contributed by atoms with Crippen LogP contribution in [0.5, 0.6) is 0 Å². The molecule has 2 aliphatic rings. The Morgan fingerprint density at radius 2 is 1.03 bits per heavy atom. The summed E-state index contributed by atoms with van der Waals surface area (Å²) in [7, 11) is 10.2. The van der Waals surface area contributed by atoms with Crippen LogP contribution in [0.25, 0.3) is 0 Å². The minimum atomic E-state index is -1.64. The Hall–Kier alpha value is -5.86. The van der Waals surface area contributed by atoms with Crippen molar-refractivity contribution < 1.29 is 62.6 Å². The average molecular weight is 1390 g/mol. The maximum atomic E-state index is 15.5. The number of nitrogens with one attached hydrogen (secondary N) is 4. The van der Waals surface area contributed by atoms with E-state index in [2.05, 4.69) is 26.2 Å². The van der Waals surface area contributed by atoms with Crippen LogP contribution in [0.3, 0.4) is 0 Å². The molecule has 0 aliphatic carbocycles. The summed E-state index contributed by atoms with van der Waals surface area (Å²) < 4.78 is 5.57. The summed E-state index contributed by atoms with van der Waals surface area (Å²) in [6.45, 7) is 33.7. The number of amides is 11. The average Bonchev–Trinajstić information content (AvgIpc) is 0.809. The first kappa shape index (κ1) is 87.2. The molecule has 25 nitrogen and oxygen atoms in total. The monoisotopic (exact) mass is 1390 g/mol. The first-order valence-corrected chi connectivity index (χ1v) is 36.6. The van der Waals surface area contributed by atoms with E-state index in [0.717, 1.165) is 18.0 Å². The number of hydrogen-bond acceptors (Lipinski definition) is 15. The van der Waals surface area contributed by atoms with Crippen molar-refractivity contribution in [2.45, 2.75) is 247 Å². The molecule has 0 aromatic rings. The minimum Gasteiger partial charge on any atom is -0.390 e. The predicted octanol–water partition coefficient (Wildman–Crippen LogP) is 4.83. The summed E-state index contributed by atoms with van der Waals surface area (Å²) >= 11 is 1.21. The second-order valence-corrected chi connectivity index (χ2v) is 30.4. The van der Waals surface area contributed by atoms with Gasteiger partial charge in [0.25, 0.3) is 5.91 Å². The Kier molecular flexibility index (Phi) is 37.5. The van der Waals surface area contributed by atoms with Crippen molar-refractivity contribution in [3.05, 3.63) is 12.2 Å². The van der Waals surface area contributed by atoms with E-state index in [1.165, 1.54) is 104 Å². The molecule has 2 heterocycles. The van der Waals surface area contributed by atoms with Gasteiger partial charge in [-0.15, -0.1) is 11.8 Å². The number of morpholine rings is 1. The van der Waals surface area contributed by atoms with Crippen LogP contribution in [-0.2, 0) is 57.5 Å². The van der Waals surface area contributed by atoms with Gasteiger partial charge in [-0.1, -0.05) is 122 Å². The number of carbonyl (C=O) groups excluding carboxylic acids is 11. The molecule has 0 spiro atoms. The van der Waals surface area contributed by atoms with Crippen LogP contribution in [0, 0.1) is 41.4 Å². The standard InChI is InChI=1S/C71H128N12O13S/c1-25-28-31-48(15)59(84)58-63(88)74-51(30-26-2)65(90)82(24)71(97-39-29-34-83-35-37-96-38-36-83)70(95)80(22)57(47(14)27-3)62(87)75-55(45(10)11)68(93)76(18)52(33-32-42(4)5)61(86)72-49(16)60(85)73-50(17)64(89)77(19)53(40-43(6)7)66(91)78(20)54(41-44(8)9)67(92)79(21)56(46(12)13)69(94)81(58)23/h25,28,42-59,71,84H,26-27,29-41H2,1-24H3,(H,72,86)(H,73,85)(H,74,88)(H,75,87)/b28-25+/t47?,48-,49-,50+,51-,52-,53+,54-,55-,56-,57+,58+,59-,71-/m1/s1. The van der Waals surface area contributed by atoms with Crippen molar-refractivity contribution in [3.8, 4) is 0 Å². The third-order valence-corrected chi connectivity index (χ3v) is 20.4. The van der Waals surface area contributed by atoms with E-state index in [-0.39, 0.29) is 43.4 Å². The largest absolute Gasteiger partial charge is 0.390 e. The normalized spacial score (nSPS) is 27.3. The molecule has 97 heavy (non-hydrogen) atoms. The number of aliphatic hydroxyl groups excluding tert-OH is 1. The summed E-state index contributed by atoms with van der Waals surface area (Å²) in [5, 5.41) is 22.5. The molecule has 2 saturated heterocycles. The van der Waals surface area contributed by atoms with Crippen molar-refractivity contribution in [2.75, 3.05) is 87.9 Å². The zero-order valence-electron chi connectivity index (χ0n) is 63.6. The van der Waals surface area contributed by atoms with E-state index < -0.39 is 161 Å². The van der Waals surface area contributed by atoms with Crippen LogP contribution in [0.15, 0.2) is 12.2 Å². The third-order valence-electron chi connectivity index (χ3n) is 19.1. The summed E-state index contributed by atoms with van der Waals surface area (Å²) in [6.07, 6.45) is 4.84. The molecule has 556 valence electrons. The minimum absolute atomic E-state index is 0.0727. The van der Waals surface area contributed by atoms with E-state index >= 15 is 33.6 Å². The molecule has 0 saturated carbocycles. The van der Waals surface area contributed by atoms with Gasteiger partial charge in [-0.05, 0) is 119 Å². The molecule has 1 unspecified atom stereocenters. The van der Waals surface area contributed by atoms with Crippen LogP contribution in [0.1, 0.15) is 175 Å². The highest BCUT2D eigenvalue weighted by molar-refractivity contribution is 8.00. The van der Waals surface area contributed by atoms with Gasteiger partial charge in [0.15, 0.2) is 5.37 Å². The van der Waals surface area contributed by atoms with Gasteiger partial charge in [0, 0.05) is 62.4 Å². The predicted molar refractivity (Wildman–Crippen MR) is 381 cm³/mol. The lowest BCUT2D eigenvalue weighted by atomic mass is 9.91. The Labute approximate surface area is 586 Å². The number of aliphatic hydroxyl groups is 1. The van der Waals surface area contributed by atoms with Gasteiger partial charge in [0.1, 0.15) is 60.4 Å². The molecule has 0 aromatic heterocycles. The zero-order valence-corrected chi connectivity index (χ0v) is 64.4. The van der Waals surface area contributed by atoms with Gasteiger partial charge in [-0.3, -0.25) is 57.6 Å². The quantitative estimate of drug-likeness (QED) is 0.0717. The topological polar surface area (TPSA) is 291 Å². The molecule has 0 bridgehead atoms. The first-order valence-electron chi connectivity index (χ1n) is 35.5. The number of rotatable bonds is 22. The molecule has 0 aromatic carbocycles. The fourth-order valence-corrected chi connectivity index (χ4v) is 13.8. The Morgan fingerprint density at radius 1 is 0.526 bits per heavy atom. The van der Waals surface area contributed by atoms with Gasteiger partial charge in [0.05, 0.1) is 19.3 Å². The van der Waals surface area contributed by atoms with Gasteiger partial charge in [-0.2, -0.15) is 0 Å². The summed E-state index contributed by atoms with van der Waals surface area (Å²) in [6, 6.07) is -12.5. The number of nitrogens with zero attached hydrogens (tertiary/aromatic N) is 8. The zero-order chi connectivity index (χ0) is 74.2. The van der Waals surface area contributed by atoms with Crippen molar-refractivity contribution in [1.82, 2.24) is 60.5 Å². The van der Waals surface area contributed by atoms with Crippen molar-refractivity contribution in [3.63, 3.8) is 0 Å². The molecular weight excluding hydrogens is 1260 g/mol. The maximum Gasteiger partial charge on any atom is 0.256 e. The van der Waals surface area contributed by atoms with E-state index in [4.69, 9.17) is 4.74 Å². The number of carbonyl (C=O) groups is 11. The molecule has 11 amide bonds. The number of thioether (sulfide) groups is 1. The molecular formula is C71H128N12O13S. The van der Waals surface area contributed by atoms with Gasteiger partial charge < -0.3 is 65.4 Å². The van der Waals surface area contributed by atoms with Gasteiger partial charge in [0.2, 0.25) is 59.1 Å². The van der Waals surface area contributed by atoms with Gasteiger partial charge in [-0.25, -0.2) is 0 Å². The molecule has 0 radical (unpaired) electrons. The summed E-state index contributed by atoms with van der Waals surface area (Å²) in [5.74, 6) is -9.43. The molecule has 2 rings (SSSR count). The fraction of sp³-hybridized carbons (Fsp3) is 0.817. The molecule has 5 N–H and O–H groups in total. The molecule has 2 fully saturated rings. The van der Waals surface area contributed by atoms with Gasteiger partial charge >= 0.3 is 0 Å². The lowest BCUT2D eigenvalue weighted by Gasteiger charge is -2.41. The van der Waals surface area contributed by atoms with Crippen LogP contribution in [0.4, 0.5) is 0 Å². The lowest BCUT2D eigenvalue weighted by molar-refractivity contribution is -0.157. The molecule has 2 aliphatic heterocycles. The van der Waals surface area contributed by atoms with Crippen molar-refractivity contribution in [2.24, 2.45) is 41.4 Å². The second-order valence-electron chi connectivity index (χ2n) is 29.2. The number of hydrogen-bond donors (Lipinski definition) is 5. The Morgan fingerprint density at radius 3 is 1.54 bits per heavy atom. The highest BCUT2D eigenvalue weighted by atomic mass is 32.2. The first-order chi connectivity index (χ1) is 45.2. The van der Waals surface area contributed by atoms with E-state index in [0.29, 0.717) is 57.6 Å². The van der Waals surface area contributed by atoms with E-state index in [1.807, 2.05) is 75.3 Å². The van der Waals surface area contributed by atoms with Crippen LogP contribution in [-0.4, -0.2) is 269 Å². The fourth-order valence-electron chi connectivity index (χ4n) is 12.6. The highest BCUT2D eigenvalue weighted by Crippen LogP contribution is 2.28. The van der Waals surface area contributed by atoms with Crippen LogP contribution >= 0.6 is 11.8 Å². The Bertz CT molecular complexity index is 2620. The highest BCUT2D eigenvalue weighted by Gasteiger charge is 2.47. The number of ether oxygens (including phenoxy) is 1. The molecule has 26 heteroatoms. The molecule has 14 atom stereocenters. The smallest absolute Gasteiger partial charge is 0.256 e. The second kappa shape index (κ2) is 41.6. The van der Waals surface area contributed by atoms with Crippen molar-refractivity contribution in [1.29, 1.82) is 0 Å². The number of likely N-dealkylation sites (N-methyl/N-ethyl adjacent to an activating group) is 7. The summed E-state index contributed by atoms with van der Waals surface area (Å²) in [5.41, 5.74) is 0. The van der Waals surface area contributed by atoms with E-state index in [1.54, 1.807) is 40.7 Å².